The second kappa shape index (κ2) is 3.74. The van der Waals surface area contributed by atoms with E-state index in [1.54, 1.807) is 12.1 Å². The van der Waals surface area contributed by atoms with Crippen LogP contribution in [-0.2, 0) is 0 Å². The van der Waals surface area contributed by atoms with Gasteiger partial charge in [0.1, 0.15) is 22.7 Å². The van der Waals surface area contributed by atoms with Gasteiger partial charge >= 0.3 is 5.63 Å². The topological polar surface area (TPSA) is 59.7 Å². The van der Waals surface area contributed by atoms with Crippen LogP contribution in [-0.4, -0.2) is 10.7 Å². The molecule has 1 N–H and O–H groups in total. The number of hydrogen-bond donors (Lipinski definition) is 1. The molecule has 5 rings (SSSR count). The molecule has 0 saturated heterocycles. The van der Waals surface area contributed by atoms with Crippen LogP contribution in [0.4, 0.5) is 0 Å². The monoisotopic (exact) mass is 312 g/mol. The first-order valence-corrected chi connectivity index (χ1v) is 8.32. The van der Waals surface area contributed by atoms with Crippen molar-refractivity contribution in [1.82, 2.24) is 0 Å². The minimum Gasteiger partial charge on any atom is -0.507 e. The van der Waals surface area contributed by atoms with Crippen LogP contribution in [0.2, 0.25) is 0 Å². The van der Waals surface area contributed by atoms with Crippen molar-refractivity contribution >= 4 is 11.0 Å². The molecular weight excluding hydrogens is 292 g/mol. The van der Waals surface area contributed by atoms with Gasteiger partial charge in [-0.3, -0.25) is 0 Å². The highest BCUT2D eigenvalue weighted by atomic mass is 16.5. The summed E-state index contributed by atoms with van der Waals surface area (Å²) >= 11 is 0. The summed E-state index contributed by atoms with van der Waals surface area (Å²) < 4.78 is 11.9. The minimum atomic E-state index is -0.390. The van der Waals surface area contributed by atoms with Gasteiger partial charge in [-0.25, -0.2) is 4.79 Å². The quantitative estimate of drug-likeness (QED) is 0.752. The molecule has 1 aromatic heterocycles. The third kappa shape index (κ3) is 1.41. The Kier molecular flexibility index (Phi) is 2.19. The molecule has 0 radical (unpaired) electrons. The lowest BCUT2D eigenvalue weighted by Gasteiger charge is -2.62. The molecule has 0 bridgehead atoms. The summed E-state index contributed by atoms with van der Waals surface area (Å²) in [5.41, 5.74) is 1.06. The van der Waals surface area contributed by atoms with Gasteiger partial charge in [-0.2, -0.15) is 0 Å². The fraction of sp³-hybridized carbons (Fsp3) is 0.526. The molecule has 4 atom stereocenters. The summed E-state index contributed by atoms with van der Waals surface area (Å²) in [6.45, 7) is 6.80. The smallest absolute Gasteiger partial charge is 0.336 e. The Morgan fingerprint density at radius 3 is 2.83 bits per heavy atom. The minimum absolute atomic E-state index is 0.108. The average Bonchev–Trinajstić information content (AvgIpc) is 2.81. The normalized spacial score (nSPS) is 36.0. The number of phenolic OH excluding ortho intramolecular Hbond substituents is 1. The lowest BCUT2D eigenvalue weighted by molar-refractivity contribution is -0.119. The second-order valence-electron chi connectivity index (χ2n) is 8.19. The molecule has 4 unspecified atom stereocenters. The van der Waals surface area contributed by atoms with E-state index < -0.39 is 5.63 Å². The van der Waals surface area contributed by atoms with Crippen LogP contribution in [0.1, 0.15) is 45.1 Å². The number of hydrogen-bond acceptors (Lipinski definition) is 4. The van der Waals surface area contributed by atoms with E-state index in [4.69, 9.17) is 9.15 Å². The zero-order valence-electron chi connectivity index (χ0n) is 13.6. The zero-order valence-corrected chi connectivity index (χ0v) is 13.6. The number of benzene rings is 1. The number of fused-ring (bicyclic) bond motifs is 4. The molecule has 2 saturated carbocycles. The Bertz CT molecular complexity index is 909. The van der Waals surface area contributed by atoms with Crippen LogP contribution in [0, 0.1) is 17.3 Å². The predicted octanol–water partition coefficient (Wildman–Crippen LogP) is 3.80. The maximum atomic E-state index is 11.8. The van der Waals surface area contributed by atoms with E-state index in [1.165, 1.54) is 12.5 Å². The van der Waals surface area contributed by atoms with Crippen molar-refractivity contribution in [2.75, 3.05) is 0 Å². The van der Waals surface area contributed by atoms with Gasteiger partial charge in [0.05, 0.1) is 5.39 Å². The third-order valence-corrected chi connectivity index (χ3v) is 6.75. The molecule has 0 spiro atoms. The van der Waals surface area contributed by atoms with Crippen LogP contribution in [0.3, 0.4) is 0 Å². The largest absolute Gasteiger partial charge is 0.507 e. The van der Waals surface area contributed by atoms with Crippen molar-refractivity contribution in [3.8, 4) is 11.5 Å². The van der Waals surface area contributed by atoms with Crippen molar-refractivity contribution in [1.29, 1.82) is 0 Å². The highest BCUT2D eigenvalue weighted by Crippen LogP contribution is 2.74. The molecule has 0 amide bonds. The predicted molar refractivity (Wildman–Crippen MR) is 85.9 cm³/mol. The lowest BCUT2D eigenvalue weighted by atomic mass is 9.45. The maximum absolute atomic E-state index is 11.8. The average molecular weight is 312 g/mol. The fourth-order valence-electron chi connectivity index (χ4n) is 5.72. The molecule has 2 fully saturated rings. The van der Waals surface area contributed by atoms with E-state index in [2.05, 4.69) is 20.8 Å². The van der Waals surface area contributed by atoms with Crippen LogP contribution in [0.5, 0.6) is 11.5 Å². The summed E-state index contributed by atoms with van der Waals surface area (Å²) in [5.74, 6) is 2.20. The van der Waals surface area contributed by atoms with E-state index in [9.17, 15) is 9.90 Å². The first kappa shape index (κ1) is 13.5. The molecular formula is C19H20O4. The molecule has 2 aromatic rings. The SMILES string of the molecule is CC12CCC3C1C(c1c(cc(O)c4ccc(=O)oc14)O2)C3(C)C. The van der Waals surface area contributed by atoms with Crippen molar-refractivity contribution < 1.29 is 14.3 Å². The molecule has 23 heavy (non-hydrogen) atoms. The van der Waals surface area contributed by atoms with Gasteiger partial charge in [0.2, 0.25) is 0 Å². The van der Waals surface area contributed by atoms with Gasteiger partial charge in [-0.1, -0.05) is 13.8 Å². The van der Waals surface area contributed by atoms with Crippen LogP contribution < -0.4 is 10.4 Å². The number of ether oxygens (including phenoxy) is 1. The van der Waals surface area contributed by atoms with Crippen LogP contribution in [0.15, 0.2) is 27.4 Å². The van der Waals surface area contributed by atoms with E-state index >= 15 is 0 Å². The number of aromatic hydroxyl groups is 1. The fourth-order valence-corrected chi connectivity index (χ4v) is 5.72. The highest BCUT2D eigenvalue weighted by molar-refractivity contribution is 5.89. The van der Waals surface area contributed by atoms with Crippen molar-refractivity contribution in [3.63, 3.8) is 0 Å². The van der Waals surface area contributed by atoms with Gasteiger partial charge in [0.25, 0.3) is 0 Å². The first-order valence-electron chi connectivity index (χ1n) is 8.32. The van der Waals surface area contributed by atoms with Crippen molar-refractivity contribution in [3.05, 3.63) is 34.2 Å². The first-order chi connectivity index (χ1) is 10.8. The summed E-state index contributed by atoms with van der Waals surface area (Å²) in [5, 5.41) is 10.9. The Hall–Kier alpha value is -1.97. The Balaban J connectivity index is 1.87. The summed E-state index contributed by atoms with van der Waals surface area (Å²) in [6.07, 6.45) is 2.21. The highest BCUT2D eigenvalue weighted by Gasteiger charge is 2.69. The van der Waals surface area contributed by atoms with E-state index in [-0.39, 0.29) is 16.8 Å². The Morgan fingerprint density at radius 2 is 2.04 bits per heavy atom. The molecule has 3 aliphatic rings. The van der Waals surface area contributed by atoms with Gasteiger partial charge < -0.3 is 14.3 Å². The zero-order chi connectivity index (χ0) is 16.1. The summed E-state index contributed by atoms with van der Waals surface area (Å²) in [4.78, 5) is 11.8. The van der Waals surface area contributed by atoms with Gasteiger partial charge in [0.15, 0.2) is 0 Å². The standard InChI is InChI=1S/C19H20O4/c1-18(2)10-6-7-19(3)15(10)16(18)14-12(23-19)8-11(20)9-4-5-13(21)22-17(9)14/h4-5,8,10,15-16,20H,6-7H2,1-3H3. The van der Waals surface area contributed by atoms with Crippen LogP contribution in [0.25, 0.3) is 11.0 Å². The summed E-state index contributed by atoms with van der Waals surface area (Å²) in [6, 6.07) is 4.69. The molecule has 4 heteroatoms. The van der Waals surface area contributed by atoms with Crippen molar-refractivity contribution in [2.24, 2.45) is 17.3 Å². The molecule has 4 nitrogen and oxygen atoms in total. The van der Waals surface area contributed by atoms with Gasteiger partial charge in [-0.15, -0.1) is 0 Å². The maximum Gasteiger partial charge on any atom is 0.336 e. The third-order valence-electron chi connectivity index (χ3n) is 6.75. The van der Waals surface area contributed by atoms with E-state index in [0.29, 0.717) is 34.5 Å². The van der Waals surface area contributed by atoms with Crippen LogP contribution >= 0.6 is 0 Å². The second-order valence-corrected chi connectivity index (χ2v) is 8.19. The molecule has 1 aromatic carbocycles. The molecule has 120 valence electrons. The lowest BCUT2D eigenvalue weighted by Crippen LogP contribution is -2.59. The Labute approximate surface area is 134 Å². The van der Waals surface area contributed by atoms with Gasteiger partial charge in [-0.05, 0) is 37.2 Å². The summed E-state index contributed by atoms with van der Waals surface area (Å²) in [7, 11) is 0. The molecule has 1 aliphatic heterocycles. The van der Waals surface area contributed by atoms with Crippen molar-refractivity contribution in [2.45, 2.75) is 45.1 Å². The van der Waals surface area contributed by atoms with E-state index in [0.717, 1.165) is 12.0 Å². The molecule has 2 heterocycles. The number of phenols is 1. The molecule has 2 aliphatic carbocycles. The number of rotatable bonds is 0. The van der Waals surface area contributed by atoms with Gasteiger partial charge in [0, 0.05) is 29.5 Å². The van der Waals surface area contributed by atoms with E-state index in [1.807, 2.05) is 0 Å². The Morgan fingerprint density at radius 1 is 1.26 bits per heavy atom.